The van der Waals surface area contributed by atoms with Crippen molar-refractivity contribution in [2.24, 2.45) is 13.0 Å². The van der Waals surface area contributed by atoms with Crippen molar-refractivity contribution >= 4 is 16.8 Å². The molecule has 2 aliphatic carbocycles. The molecule has 1 saturated carbocycles. The molecule has 2 aromatic carbocycles. The minimum atomic E-state index is -0.737. The molecule has 258 valence electrons. The molecule has 2 atom stereocenters. The molecule has 1 aliphatic heterocycles. The van der Waals surface area contributed by atoms with Crippen LogP contribution in [0.1, 0.15) is 67.7 Å². The van der Waals surface area contributed by atoms with Crippen molar-refractivity contribution in [2.75, 3.05) is 13.2 Å². The summed E-state index contributed by atoms with van der Waals surface area (Å²) in [6.07, 6.45) is 4.40. The average Bonchev–Trinajstić information content (AvgIpc) is 3.81. The predicted molar refractivity (Wildman–Crippen MR) is 187 cm³/mol. The molecule has 0 saturated heterocycles. The fourth-order valence-corrected chi connectivity index (χ4v) is 8.16. The molecule has 50 heavy (non-hydrogen) atoms. The van der Waals surface area contributed by atoms with Crippen LogP contribution in [0.25, 0.3) is 44.7 Å². The number of fused-ring (bicyclic) bond motifs is 3. The fourth-order valence-electron chi connectivity index (χ4n) is 8.16. The largest absolute Gasteiger partial charge is 0.492 e. The van der Waals surface area contributed by atoms with Gasteiger partial charge < -0.3 is 14.7 Å². The van der Waals surface area contributed by atoms with E-state index < -0.39 is 11.6 Å². The lowest BCUT2D eigenvalue weighted by molar-refractivity contribution is -0.129. The van der Waals surface area contributed by atoms with Gasteiger partial charge in [-0.05, 0) is 88.1 Å². The number of aromatic nitrogens is 5. The van der Waals surface area contributed by atoms with Crippen molar-refractivity contribution in [2.45, 2.75) is 71.1 Å². The number of pyridine rings is 1. The van der Waals surface area contributed by atoms with Gasteiger partial charge in [0.2, 0.25) is 5.91 Å². The summed E-state index contributed by atoms with van der Waals surface area (Å²) in [6.45, 7) is 10.3. The third-order valence-electron chi connectivity index (χ3n) is 10.8. The molecule has 4 heterocycles. The van der Waals surface area contributed by atoms with Crippen LogP contribution in [-0.2, 0) is 24.7 Å². The first kappa shape index (κ1) is 32.3. The molecule has 0 unspecified atom stereocenters. The molecule has 1 fully saturated rings. The highest BCUT2D eigenvalue weighted by Crippen LogP contribution is 2.48. The summed E-state index contributed by atoms with van der Waals surface area (Å²) >= 11 is 0. The zero-order chi connectivity index (χ0) is 35.0. The van der Waals surface area contributed by atoms with Crippen molar-refractivity contribution in [3.63, 3.8) is 0 Å². The van der Waals surface area contributed by atoms with Crippen molar-refractivity contribution < 1.29 is 23.4 Å². The number of aliphatic hydroxyl groups excluding tert-OH is 1. The first-order valence-corrected chi connectivity index (χ1v) is 17.3. The van der Waals surface area contributed by atoms with E-state index in [2.05, 4.69) is 29.9 Å². The number of aryl methyl sites for hydroxylation is 2. The molecule has 0 spiro atoms. The fraction of sp³-hybridized carbons (Fsp3) is 0.385. The highest BCUT2D eigenvalue weighted by molar-refractivity contribution is 5.92. The number of nitrogens with zero attached hydrogens (tertiary/aromatic N) is 6. The standard InChI is InChI=1S/C39H40F2N6O3/c1-6-35(49)46-18-20(2)47-32(22(46)4)17-31(44-47)39-36(37-30(41)15-25(40)16-34(37)50-19-23-12-26(48)13-23)28-8-7-9-29(28)38(42-39)24-10-11-27-21(3)43-45(5)33(27)14-24/h6,10-11,14-17,20,22-23,26,48H,1,7-9,12-13,18-19H2,2-5H3/t20-,22+,23?,26?/m0/s1. The first-order chi connectivity index (χ1) is 24.0. The number of carbonyl (C=O) groups excluding carboxylic acids is 1. The topological polar surface area (TPSA) is 98.3 Å². The first-order valence-electron chi connectivity index (χ1n) is 17.3. The van der Waals surface area contributed by atoms with Crippen molar-refractivity contribution in [3.8, 4) is 39.5 Å². The molecule has 1 N–H and O–H groups in total. The van der Waals surface area contributed by atoms with Gasteiger partial charge in [0.1, 0.15) is 23.1 Å². The maximum atomic E-state index is 16.3. The second-order valence-electron chi connectivity index (χ2n) is 14.1. The number of aliphatic hydroxyl groups is 1. The molecule has 0 bridgehead atoms. The van der Waals surface area contributed by atoms with Crippen LogP contribution in [0.15, 0.2) is 49.1 Å². The van der Waals surface area contributed by atoms with Crippen LogP contribution in [-0.4, -0.2) is 59.7 Å². The Labute approximate surface area is 289 Å². The number of hydrogen-bond donors (Lipinski definition) is 1. The number of benzene rings is 2. The molecule has 11 heteroatoms. The lowest BCUT2D eigenvalue weighted by Gasteiger charge is -2.36. The van der Waals surface area contributed by atoms with E-state index in [9.17, 15) is 14.3 Å². The normalized spacial score (nSPS) is 21.2. The number of rotatable bonds is 7. The van der Waals surface area contributed by atoms with Gasteiger partial charge in [-0.25, -0.2) is 13.8 Å². The van der Waals surface area contributed by atoms with E-state index in [1.807, 2.05) is 43.2 Å². The number of halogens is 2. The Morgan fingerprint density at radius 2 is 1.84 bits per heavy atom. The molecular weight excluding hydrogens is 638 g/mol. The van der Waals surface area contributed by atoms with Gasteiger partial charge in [-0.3, -0.25) is 14.2 Å². The van der Waals surface area contributed by atoms with Gasteiger partial charge in [0.25, 0.3) is 0 Å². The zero-order valence-electron chi connectivity index (χ0n) is 28.7. The van der Waals surface area contributed by atoms with E-state index in [4.69, 9.17) is 14.8 Å². The minimum Gasteiger partial charge on any atom is -0.492 e. The third-order valence-corrected chi connectivity index (χ3v) is 10.8. The molecule has 0 radical (unpaired) electrons. The summed E-state index contributed by atoms with van der Waals surface area (Å²) in [7, 11) is 1.92. The Kier molecular flexibility index (Phi) is 7.85. The lowest BCUT2D eigenvalue weighted by Crippen LogP contribution is -2.42. The van der Waals surface area contributed by atoms with Crippen LogP contribution in [0.4, 0.5) is 8.78 Å². The monoisotopic (exact) mass is 678 g/mol. The smallest absolute Gasteiger partial charge is 0.246 e. The number of carbonyl (C=O) groups is 1. The maximum Gasteiger partial charge on any atom is 0.246 e. The lowest BCUT2D eigenvalue weighted by atomic mass is 9.83. The van der Waals surface area contributed by atoms with Crippen LogP contribution in [0.5, 0.6) is 5.75 Å². The maximum absolute atomic E-state index is 16.3. The van der Waals surface area contributed by atoms with Gasteiger partial charge in [-0.15, -0.1) is 0 Å². The molecule has 9 nitrogen and oxygen atoms in total. The highest BCUT2D eigenvalue weighted by atomic mass is 19.1. The number of amides is 1. The van der Waals surface area contributed by atoms with Gasteiger partial charge in [0, 0.05) is 42.2 Å². The van der Waals surface area contributed by atoms with E-state index in [0.717, 1.165) is 63.6 Å². The molecule has 8 rings (SSSR count). The second-order valence-corrected chi connectivity index (χ2v) is 14.1. The number of ether oxygens (including phenoxy) is 1. The minimum absolute atomic E-state index is 0.101. The van der Waals surface area contributed by atoms with Crippen LogP contribution in [0.3, 0.4) is 0 Å². The quantitative estimate of drug-likeness (QED) is 0.186. The summed E-state index contributed by atoms with van der Waals surface area (Å²) in [5.41, 5.74) is 8.13. The summed E-state index contributed by atoms with van der Waals surface area (Å²) in [5, 5.41) is 20.6. The SMILES string of the molecule is C=CC(=O)N1C[C@H](C)n2nc(-c3nc(-c4ccc5c(C)nn(C)c5c4)c4c(c3-c3c(F)cc(F)cc3OCC3CC(O)C3)CCC4)cc2[C@H]1C. The molecule has 5 aromatic rings. The summed E-state index contributed by atoms with van der Waals surface area (Å²) in [5.74, 6) is -1.42. The van der Waals surface area contributed by atoms with E-state index in [-0.39, 0.29) is 47.9 Å². The Hall–Kier alpha value is -4.90. The van der Waals surface area contributed by atoms with Gasteiger partial charge in [-0.2, -0.15) is 10.2 Å². The molecular formula is C39H40F2N6O3. The van der Waals surface area contributed by atoms with Crippen molar-refractivity contribution in [3.05, 3.63) is 83.2 Å². The summed E-state index contributed by atoms with van der Waals surface area (Å²) in [6, 6.07) is 9.88. The van der Waals surface area contributed by atoms with Crippen LogP contribution < -0.4 is 4.74 Å². The average molecular weight is 679 g/mol. The second kappa shape index (κ2) is 12.2. The zero-order valence-corrected chi connectivity index (χ0v) is 28.7. The van der Waals surface area contributed by atoms with E-state index in [1.165, 1.54) is 12.1 Å². The Bertz CT molecular complexity index is 2200. The van der Waals surface area contributed by atoms with Crippen LogP contribution >= 0.6 is 0 Å². The van der Waals surface area contributed by atoms with Crippen molar-refractivity contribution in [1.29, 1.82) is 0 Å². The predicted octanol–water partition coefficient (Wildman–Crippen LogP) is 7.04. The Morgan fingerprint density at radius 1 is 1.06 bits per heavy atom. The van der Waals surface area contributed by atoms with E-state index >= 15 is 4.39 Å². The highest BCUT2D eigenvalue weighted by Gasteiger charge is 2.36. The number of hydrogen-bond acceptors (Lipinski definition) is 6. The third kappa shape index (κ3) is 5.21. The van der Waals surface area contributed by atoms with Gasteiger partial charge in [-0.1, -0.05) is 18.7 Å². The molecule has 3 aliphatic rings. The molecule has 1 amide bonds. The summed E-state index contributed by atoms with van der Waals surface area (Å²) < 4.78 is 41.2. The van der Waals surface area contributed by atoms with Gasteiger partial charge in [0.05, 0.1) is 58.7 Å². The van der Waals surface area contributed by atoms with Crippen LogP contribution in [0, 0.1) is 24.5 Å². The van der Waals surface area contributed by atoms with E-state index in [1.54, 1.807) is 4.90 Å². The van der Waals surface area contributed by atoms with E-state index in [0.29, 0.717) is 42.8 Å². The van der Waals surface area contributed by atoms with Gasteiger partial charge >= 0.3 is 0 Å². The Balaban J connectivity index is 1.37. The van der Waals surface area contributed by atoms with Gasteiger partial charge in [0.15, 0.2) is 0 Å². The molecule has 3 aromatic heterocycles. The summed E-state index contributed by atoms with van der Waals surface area (Å²) in [4.78, 5) is 19.9. The van der Waals surface area contributed by atoms with Crippen molar-refractivity contribution in [1.82, 2.24) is 29.4 Å². The van der Waals surface area contributed by atoms with Crippen LogP contribution in [0.2, 0.25) is 0 Å². The Morgan fingerprint density at radius 3 is 2.60 bits per heavy atom.